The van der Waals surface area contributed by atoms with Gasteiger partial charge in [-0.2, -0.15) is 5.10 Å². The first-order valence-corrected chi connectivity index (χ1v) is 7.43. The molecule has 0 aromatic carbocycles. The Kier molecular flexibility index (Phi) is 3.82. The summed E-state index contributed by atoms with van der Waals surface area (Å²) in [5.74, 6) is 1.06. The number of aryl methyl sites for hydroxylation is 3. The van der Waals surface area contributed by atoms with Gasteiger partial charge < -0.3 is 9.88 Å². The highest BCUT2D eigenvalue weighted by molar-refractivity contribution is 5.75. The Morgan fingerprint density at radius 1 is 1.50 bits per heavy atom. The fraction of sp³-hybridized carbons (Fsp3) is 0.571. The van der Waals surface area contributed by atoms with Gasteiger partial charge in [0.25, 0.3) is 0 Å². The van der Waals surface area contributed by atoms with Gasteiger partial charge in [-0.25, -0.2) is 14.5 Å². The number of fused-ring (bicyclic) bond motifs is 1. The van der Waals surface area contributed by atoms with Crippen molar-refractivity contribution < 1.29 is 4.79 Å². The highest BCUT2D eigenvalue weighted by Crippen LogP contribution is 2.25. The zero-order valence-corrected chi connectivity index (χ0v) is 12.8. The van der Waals surface area contributed by atoms with Gasteiger partial charge in [0.15, 0.2) is 0 Å². The summed E-state index contributed by atoms with van der Waals surface area (Å²) in [4.78, 5) is 28.2. The van der Waals surface area contributed by atoms with E-state index in [1.54, 1.807) is 7.05 Å². The Labute approximate surface area is 127 Å². The van der Waals surface area contributed by atoms with Crippen molar-refractivity contribution in [2.24, 2.45) is 7.05 Å². The first kappa shape index (κ1) is 14.6. The molecule has 1 N–H and O–H groups in total. The van der Waals surface area contributed by atoms with Crippen LogP contribution in [0.15, 0.2) is 17.3 Å². The SMILES string of the molecule is Cc1cn2c(n1)C(CNC(=O)Cn1ncn(C)c1=O)CCC2. The Morgan fingerprint density at radius 3 is 3.05 bits per heavy atom. The predicted octanol–water partition coefficient (Wildman–Crippen LogP) is -0.219. The van der Waals surface area contributed by atoms with Crippen LogP contribution in [0.2, 0.25) is 0 Å². The molecule has 0 fully saturated rings. The highest BCUT2D eigenvalue weighted by Gasteiger charge is 2.23. The lowest BCUT2D eigenvalue weighted by molar-refractivity contribution is -0.122. The maximum atomic E-state index is 12.0. The number of hydrogen-bond acceptors (Lipinski definition) is 4. The third-order valence-corrected chi connectivity index (χ3v) is 3.97. The zero-order chi connectivity index (χ0) is 15.7. The van der Waals surface area contributed by atoms with Crippen molar-refractivity contribution >= 4 is 5.91 Å². The lowest BCUT2D eigenvalue weighted by Gasteiger charge is -2.23. The molecule has 0 saturated heterocycles. The Morgan fingerprint density at radius 2 is 2.32 bits per heavy atom. The summed E-state index contributed by atoms with van der Waals surface area (Å²) >= 11 is 0. The molecule has 1 unspecified atom stereocenters. The molecular formula is C14H20N6O2. The van der Waals surface area contributed by atoms with E-state index in [1.165, 1.54) is 10.9 Å². The predicted molar refractivity (Wildman–Crippen MR) is 79.4 cm³/mol. The van der Waals surface area contributed by atoms with E-state index in [9.17, 15) is 9.59 Å². The van der Waals surface area contributed by atoms with E-state index in [4.69, 9.17) is 0 Å². The van der Waals surface area contributed by atoms with E-state index in [0.29, 0.717) is 6.54 Å². The van der Waals surface area contributed by atoms with Gasteiger partial charge in [0, 0.05) is 32.3 Å². The number of imidazole rings is 1. The van der Waals surface area contributed by atoms with E-state index in [0.717, 1.165) is 35.6 Å². The summed E-state index contributed by atoms with van der Waals surface area (Å²) in [5.41, 5.74) is 0.715. The molecule has 0 bridgehead atoms. The third kappa shape index (κ3) is 2.81. The molecular weight excluding hydrogens is 284 g/mol. The zero-order valence-electron chi connectivity index (χ0n) is 12.8. The lowest BCUT2D eigenvalue weighted by atomic mass is 9.99. The van der Waals surface area contributed by atoms with Crippen molar-refractivity contribution in [1.82, 2.24) is 29.2 Å². The van der Waals surface area contributed by atoms with Crippen LogP contribution in [-0.4, -0.2) is 36.4 Å². The number of carbonyl (C=O) groups is 1. The van der Waals surface area contributed by atoms with Crippen molar-refractivity contribution in [3.63, 3.8) is 0 Å². The summed E-state index contributed by atoms with van der Waals surface area (Å²) < 4.78 is 4.66. The van der Waals surface area contributed by atoms with Crippen molar-refractivity contribution in [1.29, 1.82) is 0 Å². The Hall–Kier alpha value is -2.38. The molecule has 1 amide bonds. The number of amides is 1. The maximum Gasteiger partial charge on any atom is 0.345 e. The topological polar surface area (TPSA) is 86.7 Å². The fourth-order valence-corrected chi connectivity index (χ4v) is 2.86. The monoisotopic (exact) mass is 304 g/mol. The number of aromatic nitrogens is 5. The summed E-state index contributed by atoms with van der Waals surface area (Å²) in [6, 6.07) is 0. The number of rotatable bonds is 4. The summed E-state index contributed by atoms with van der Waals surface area (Å²) in [6.45, 7) is 3.45. The van der Waals surface area contributed by atoms with Crippen LogP contribution in [0, 0.1) is 6.92 Å². The van der Waals surface area contributed by atoms with E-state index >= 15 is 0 Å². The van der Waals surface area contributed by atoms with Crippen LogP contribution in [0.5, 0.6) is 0 Å². The summed E-state index contributed by atoms with van der Waals surface area (Å²) in [7, 11) is 1.61. The van der Waals surface area contributed by atoms with Crippen LogP contribution < -0.4 is 11.0 Å². The minimum Gasteiger partial charge on any atom is -0.354 e. The van der Waals surface area contributed by atoms with Crippen LogP contribution in [0.4, 0.5) is 0 Å². The lowest BCUT2D eigenvalue weighted by Crippen LogP contribution is -2.36. The second kappa shape index (κ2) is 5.78. The molecule has 0 spiro atoms. The molecule has 1 atom stereocenters. The van der Waals surface area contributed by atoms with Crippen LogP contribution in [-0.2, 0) is 24.9 Å². The van der Waals surface area contributed by atoms with E-state index < -0.39 is 0 Å². The van der Waals surface area contributed by atoms with Crippen LogP contribution in [0.25, 0.3) is 0 Å². The van der Waals surface area contributed by atoms with Gasteiger partial charge in [-0.05, 0) is 19.8 Å². The van der Waals surface area contributed by atoms with Crippen LogP contribution in [0.1, 0.15) is 30.3 Å². The van der Waals surface area contributed by atoms with E-state index in [1.807, 2.05) is 6.92 Å². The molecule has 22 heavy (non-hydrogen) atoms. The van der Waals surface area contributed by atoms with Gasteiger partial charge in [-0.3, -0.25) is 9.36 Å². The molecule has 0 aliphatic carbocycles. The van der Waals surface area contributed by atoms with Gasteiger partial charge in [0.2, 0.25) is 5.91 Å². The molecule has 1 aliphatic heterocycles. The average Bonchev–Trinajstić information content (AvgIpc) is 3.01. The molecule has 118 valence electrons. The number of hydrogen-bond donors (Lipinski definition) is 1. The first-order chi connectivity index (χ1) is 10.5. The molecule has 3 rings (SSSR count). The Bertz CT molecular complexity index is 741. The van der Waals surface area contributed by atoms with Gasteiger partial charge in [-0.1, -0.05) is 0 Å². The smallest absolute Gasteiger partial charge is 0.345 e. The van der Waals surface area contributed by atoms with Crippen LogP contribution >= 0.6 is 0 Å². The highest BCUT2D eigenvalue weighted by atomic mass is 16.2. The molecule has 0 saturated carbocycles. The second-order valence-corrected chi connectivity index (χ2v) is 5.76. The molecule has 2 aromatic rings. The molecule has 1 aliphatic rings. The minimum absolute atomic E-state index is 0.0557. The maximum absolute atomic E-state index is 12.0. The quantitative estimate of drug-likeness (QED) is 0.846. The molecule has 8 heteroatoms. The number of nitrogens with zero attached hydrogens (tertiary/aromatic N) is 5. The van der Waals surface area contributed by atoms with Crippen molar-refractivity contribution in [2.75, 3.05) is 6.54 Å². The summed E-state index contributed by atoms with van der Waals surface area (Å²) in [5, 5.41) is 6.77. The van der Waals surface area contributed by atoms with Crippen molar-refractivity contribution in [3.05, 3.63) is 34.5 Å². The molecule has 2 aromatic heterocycles. The number of carbonyl (C=O) groups excluding carboxylic acids is 1. The average molecular weight is 304 g/mol. The van der Waals surface area contributed by atoms with Gasteiger partial charge >= 0.3 is 5.69 Å². The fourth-order valence-electron chi connectivity index (χ4n) is 2.86. The largest absolute Gasteiger partial charge is 0.354 e. The van der Waals surface area contributed by atoms with Crippen molar-refractivity contribution in [2.45, 2.75) is 38.8 Å². The normalized spacial score (nSPS) is 17.3. The number of nitrogens with one attached hydrogen (secondary N) is 1. The Balaban J connectivity index is 1.60. The van der Waals surface area contributed by atoms with Gasteiger partial charge in [0.1, 0.15) is 18.7 Å². The van der Waals surface area contributed by atoms with E-state index in [-0.39, 0.29) is 24.1 Å². The van der Waals surface area contributed by atoms with E-state index in [2.05, 4.69) is 26.2 Å². The first-order valence-electron chi connectivity index (χ1n) is 7.43. The molecule has 3 heterocycles. The standard InChI is InChI=1S/C14H20N6O2/c1-10-7-19-5-3-4-11(13(19)17-10)6-15-12(21)8-20-14(22)18(2)9-16-20/h7,9,11H,3-6,8H2,1-2H3,(H,15,21). The van der Waals surface area contributed by atoms with Crippen molar-refractivity contribution in [3.8, 4) is 0 Å². The second-order valence-electron chi connectivity index (χ2n) is 5.76. The van der Waals surface area contributed by atoms with Crippen LogP contribution in [0.3, 0.4) is 0 Å². The third-order valence-electron chi connectivity index (χ3n) is 3.97. The minimum atomic E-state index is -0.293. The molecule has 8 nitrogen and oxygen atoms in total. The van der Waals surface area contributed by atoms with Gasteiger partial charge in [-0.15, -0.1) is 0 Å². The summed E-state index contributed by atoms with van der Waals surface area (Å²) in [6.07, 6.45) is 5.55. The molecule has 0 radical (unpaired) electrons. The van der Waals surface area contributed by atoms with Gasteiger partial charge in [0.05, 0.1) is 5.69 Å².